The zero-order valence-corrected chi connectivity index (χ0v) is 16.2. The molecule has 1 aromatic carbocycles. The van der Waals surface area contributed by atoms with Gasteiger partial charge in [-0.15, -0.1) is 11.6 Å². The Balaban J connectivity index is 2.28. The van der Waals surface area contributed by atoms with Gasteiger partial charge in [-0.1, -0.05) is 19.3 Å². The van der Waals surface area contributed by atoms with E-state index in [1.54, 1.807) is 12.1 Å². The van der Waals surface area contributed by atoms with Gasteiger partial charge in [-0.3, -0.25) is 9.59 Å². The molecular formula is C19H27ClN2O4. The second-order valence-corrected chi connectivity index (χ2v) is 6.48. The summed E-state index contributed by atoms with van der Waals surface area (Å²) in [6.07, 6.45) is 5.20. The molecule has 0 atom stereocenters. The first-order chi connectivity index (χ1) is 12.6. The number of hydrogen-bond donors (Lipinski definition) is 2. The van der Waals surface area contributed by atoms with Crippen molar-refractivity contribution >= 4 is 34.8 Å². The van der Waals surface area contributed by atoms with Crippen molar-refractivity contribution in [2.24, 2.45) is 5.92 Å². The van der Waals surface area contributed by atoms with Gasteiger partial charge < -0.3 is 20.1 Å². The first kappa shape index (κ1) is 20.4. The lowest BCUT2D eigenvalue weighted by atomic mass is 9.88. The van der Waals surface area contributed by atoms with E-state index in [1.807, 2.05) is 13.8 Å². The molecule has 7 heteroatoms. The number of amides is 2. The molecule has 0 aliphatic heterocycles. The normalized spacial score (nSPS) is 14.6. The Labute approximate surface area is 159 Å². The average Bonchev–Trinajstić information content (AvgIpc) is 2.65. The lowest BCUT2D eigenvalue weighted by Crippen LogP contribution is -2.25. The monoisotopic (exact) mass is 382 g/mol. The van der Waals surface area contributed by atoms with Gasteiger partial charge in [-0.05, 0) is 26.7 Å². The van der Waals surface area contributed by atoms with Crippen molar-refractivity contribution in [2.75, 3.05) is 29.7 Å². The standard InChI is InChI=1S/C19H27ClN2O4/c1-3-25-16-11-15(22-19(24)13-8-6-5-7-9-13)17(26-4-2)10-14(16)21-18(23)12-20/h10-11,13H,3-9,12H2,1-2H3,(H,21,23)(H,22,24). The molecule has 1 fully saturated rings. The highest BCUT2D eigenvalue weighted by Gasteiger charge is 2.23. The van der Waals surface area contributed by atoms with Crippen molar-refractivity contribution in [1.29, 1.82) is 0 Å². The van der Waals surface area contributed by atoms with E-state index < -0.39 is 0 Å². The van der Waals surface area contributed by atoms with E-state index in [0.717, 1.165) is 25.7 Å². The van der Waals surface area contributed by atoms with Gasteiger partial charge in [0, 0.05) is 18.1 Å². The summed E-state index contributed by atoms with van der Waals surface area (Å²) < 4.78 is 11.3. The van der Waals surface area contributed by atoms with Crippen LogP contribution in [0.4, 0.5) is 11.4 Å². The summed E-state index contributed by atoms with van der Waals surface area (Å²) in [6, 6.07) is 3.36. The topological polar surface area (TPSA) is 76.7 Å². The van der Waals surface area contributed by atoms with Crippen molar-refractivity contribution in [3.63, 3.8) is 0 Å². The molecule has 1 saturated carbocycles. The van der Waals surface area contributed by atoms with Crippen molar-refractivity contribution in [1.82, 2.24) is 0 Å². The van der Waals surface area contributed by atoms with Crippen LogP contribution in [0, 0.1) is 5.92 Å². The highest BCUT2D eigenvalue weighted by Crippen LogP contribution is 2.37. The summed E-state index contributed by atoms with van der Waals surface area (Å²) in [5.74, 6) is 0.498. The number of anilines is 2. The molecule has 1 aliphatic rings. The quantitative estimate of drug-likeness (QED) is 0.661. The SMILES string of the molecule is CCOc1cc(NC(=O)C2CCCCC2)c(OCC)cc1NC(=O)CCl. The predicted molar refractivity (Wildman–Crippen MR) is 103 cm³/mol. The van der Waals surface area contributed by atoms with Crippen molar-refractivity contribution in [2.45, 2.75) is 46.0 Å². The van der Waals surface area contributed by atoms with Crippen LogP contribution in [0.2, 0.25) is 0 Å². The summed E-state index contributed by atoms with van der Waals surface area (Å²) in [6.45, 7) is 4.57. The zero-order valence-electron chi connectivity index (χ0n) is 15.4. The fraction of sp³-hybridized carbons (Fsp3) is 0.579. The maximum absolute atomic E-state index is 12.6. The molecule has 2 rings (SSSR count). The molecule has 0 heterocycles. The van der Waals surface area contributed by atoms with Crippen LogP contribution in [0.3, 0.4) is 0 Å². The van der Waals surface area contributed by atoms with Crippen molar-refractivity contribution in [3.05, 3.63) is 12.1 Å². The summed E-state index contributed by atoms with van der Waals surface area (Å²) >= 11 is 5.58. The van der Waals surface area contributed by atoms with Crippen LogP contribution in [-0.4, -0.2) is 30.9 Å². The van der Waals surface area contributed by atoms with Gasteiger partial charge in [-0.25, -0.2) is 0 Å². The summed E-state index contributed by atoms with van der Waals surface area (Å²) in [5.41, 5.74) is 1.02. The van der Waals surface area contributed by atoms with Crippen LogP contribution < -0.4 is 20.1 Å². The minimum atomic E-state index is -0.339. The number of carbonyl (C=O) groups is 2. The second kappa shape index (κ2) is 10.3. The number of carbonyl (C=O) groups excluding carboxylic acids is 2. The van der Waals surface area contributed by atoms with E-state index >= 15 is 0 Å². The number of benzene rings is 1. The van der Waals surface area contributed by atoms with Gasteiger partial charge in [-0.2, -0.15) is 0 Å². The van der Waals surface area contributed by atoms with Crippen LogP contribution in [0.15, 0.2) is 12.1 Å². The Hall–Kier alpha value is -1.95. The minimum Gasteiger partial charge on any atom is -0.492 e. The van der Waals surface area contributed by atoms with E-state index in [4.69, 9.17) is 21.1 Å². The number of rotatable bonds is 8. The number of ether oxygens (including phenoxy) is 2. The molecule has 26 heavy (non-hydrogen) atoms. The molecule has 0 bridgehead atoms. The van der Waals surface area contributed by atoms with E-state index in [-0.39, 0.29) is 23.6 Å². The highest BCUT2D eigenvalue weighted by molar-refractivity contribution is 6.29. The van der Waals surface area contributed by atoms with Gasteiger partial charge in [0.2, 0.25) is 11.8 Å². The van der Waals surface area contributed by atoms with Crippen LogP contribution in [-0.2, 0) is 9.59 Å². The largest absolute Gasteiger partial charge is 0.492 e. The minimum absolute atomic E-state index is 0.00523. The molecule has 2 N–H and O–H groups in total. The number of nitrogens with one attached hydrogen (secondary N) is 2. The van der Waals surface area contributed by atoms with Gasteiger partial charge >= 0.3 is 0 Å². The van der Waals surface area contributed by atoms with E-state index in [2.05, 4.69) is 10.6 Å². The van der Waals surface area contributed by atoms with Gasteiger partial charge in [0.25, 0.3) is 0 Å². The fourth-order valence-corrected chi connectivity index (χ4v) is 3.16. The van der Waals surface area contributed by atoms with E-state index in [9.17, 15) is 9.59 Å². The van der Waals surface area contributed by atoms with Crippen LogP contribution in [0.1, 0.15) is 46.0 Å². The molecule has 0 aromatic heterocycles. The summed E-state index contributed by atoms with van der Waals surface area (Å²) in [4.78, 5) is 24.3. The summed E-state index contributed by atoms with van der Waals surface area (Å²) in [5, 5.41) is 5.67. The predicted octanol–water partition coefficient (Wildman–Crippen LogP) is 4.18. The first-order valence-corrected chi connectivity index (χ1v) is 9.72. The lowest BCUT2D eigenvalue weighted by molar-refractivity contribution is -0.120. The molecule has 144 valence electrons. The summed E-state index contributed by atoms with van der Waals surface area (Å²) in [7, 11) is 0. The van der Waals surface area contributed by atoms with Crippen LogP contribution in [0.25, 0.3) is 0 Å². The number of halogens is 1. The van der Waals surface area contributed by atoms with Crippen molar-refractivity contribution in [3.8, 4) is 11.5 Å². The Bertz CT molecular complexity index is 630. The van der Waals surface area contributed by atoms with Gasteiger partial charge in [0.15, 0.2) is 0 Å². The van der Waals surface area contributed by atoms with Gasteiger partial charge in [0.1, 0.15) is 17.4 Å². The smallest absolute Gasteiger partial charge is 0.239 e. The highest BCUT2D eigenvalue weighted by atomic mass is 35.5. The number of hydrogen-bond acceptors (Lipinski definition) is 4. The second-order valence-electron chi connectivity index (χ2n) is 6.22. The molecule has 0 spiro atoms. The maximum atomic E-state index is 12.6. The average molecular weight is 383 g/mol. The third kappa shape index (κ3) is 5.53. The third-order valence-electron chi connectivity index (χ3n) is 4.31. The Morgan fingerprint density at radius 3 is 2.04 bits per heavy atom. The van der Waals surface area contributed by atoms with E-state index in [0.29, 0.717) is 36.1 Å². The molecular weight excluding hydrogens is 356 g/mol. The molecule has 0 radical (unpaired) electrons. The fourth-order valence-electron chi connectivity index (χ4n) is 3.09. The Morgan fingerprint density at radius 1 is 1.00 bits per heavy atom. The lowest BCUT2D eigenvalue weighted by Gasteiger charge is -2.22. The van der Waals surface area contributed by atoms with E-state index in [1.165, 1.54) is 6.42 Å². The zero-order chi connectivity index (χ0) is 18.9. The first-order valence-electron chi connectivity index (χ1n) is 9.19. The molecule has 6 nitrogen and oxygen atoms in total. The molecule has 2 amide bonds. The van der Waals surface area contributed by atoms with Crippen molar-refractivity contribution < 1.29 is 19.1 Å². The van der Waals surface area contributed by atoms with Crippen LogP contribution in [0.5, 0.6) is 11.5 Å². The third-order valence-corrected chi connectivity index (χ3v) is 4.55. The Morgan fingerprint density at radius 2 is 1.54 bits per heavy atom. The Kier molecular flexibility index (Phi) is 8.04. The maximum Gasteiger partial charge on any atom is 0.239 e. The van der Waals surface area contributed by atoms with Gasteiger partial charge in [0.05, 0.1) is 24.6 Å². The molecule has 0 unspecified atom stereocenters. The number of alkyl halides is 1. The molecule has 1 aliphatic carbocycles. The van der Waals surface area contributed by atoms with Crippen LogP contribution >= 0.6 is 11.6 Å². The molecule has 1 aromatic rings. The molecule has 0 saturated heterocycles.